The number of nitrogens with one attached hydrogen (secondary N) is 1. The van der Waals surface area contributed by atoms with Crippen molar-refractivity contribution < 1.29 is 14.7 Å². The average molecular weight is 330 g/mol. The maximum absolute atomic E-state index is 12.9. The second kappa shape index (κ2) is 5.89. The number of aliphatic carboxylic acids is 1. The number of amides is 1. The first-order chi connectivity index (χ1) is 11.3. The SMILES string of the molecule is Cc1cc(C(=O)NC2(CC(=O)O)CCCC2)c2c(C)nn(C)c2n1. The number of pyridine rings is 1. The van der Waals surface area contributed by atoms with Crippen LogP contribution in [0.1, 0.15) is 53.8 Å². The first-order valence-corrected chi connectivity index (χ1v) is 8.17. The Morgan fingerprint density at radius 1 is 1.33 bits per heavy atom. The van der Waals surface area contributed by atoms with Gasteiger partial charge in [0.15, 0.2) is 5.65 Å². The Balaban J connectivity index is 2.01. The summed E-state index contributed by atoms with van der Waals surface area (Å²) in [6.45, 7) is 3.68. The fourth-order valence-corrected chi connectivity index (χ4v) is 3.74. The number of hydrogen-bond donors (Lipinski definition) is 2. The number of carbonyl (C=O) groups is 2. The number of aryl methyl sites for hydroxylation is 3. The van der Waals surface area contributed by atoms with Gasteiger partial charge in [-0.25, -0.2) is 4.98 Å². The Hall–Kier alpha value is -2.44. The number of aromatic nitrogens is 3. The van der Waals surface area contributed by atoms with Crippen molar-refractivity contribution in [3.05, 3.63) is 23.0 Å². The number of carboxylic acid groups (broad SMARTS) is 1. The molecule has 0 aromatic carbocycles. The van der Waals surface area contributed by atoms with E-state index in [1.165, 1.54) is 0 Å². The van der Waals surface area contributed by atoms with Gasteiger partial charge in [-0.1, -0.05) is 12.8 Å². The molecule has 1 amide bonds. The van der Waals surface area contributed by atoms with Crippen molar-refractivity contribution in [2.45, 2.75) is 51.5 Å². The summed E-state index contributed by atoms with van der Waals surface area (Å²) in [7, 11) is 1.80. The molecular formula is C17H22N4O3. The highest BCUT2D eigenvalue weighted by atomic mass is 16.4. The first kappa shape index (κ1) is 16.4. The standard InChI is InChI=1S/C17H22N4O3/c1-10-8-12(14-11(2)20-21(3)15(14)18-10)16(24)19-17(9-13(22)23)6-4-5-7-17/h8H,4-7,9H2,1-3H3,(H,19,24)(H,22,23). The summed E-state index contributed by atoms with van der Waals surface area (Å²) in [6.07, 6.45) is 3.22. The predicted molar refractivity (Wildman–Crippen MR) is 88.9 cm³/mol. The zero-order chi connectivity index (χ0) is 17.5. The smallest absolute Gasteiger partial charge is 0.305 e. The van der Waals surface area contributed by atoms with Crippen LogP contribution in [0.2, 0.25) is 0 Å². The van der Waals surface area contributed by atoms with Gasteiger partial charge < -0.3 is 10.4 Å². The molecule has 2 aromatic rings. The van der Waals surface area contributed by atoms with Gasteiger partial charge in [-0.2, -0.15) is 5.10 Å². The van der Waals surface area contributed by atoms with Crippen molar-refractivity contribution in [3.8, 4) is 0 Å². The lowest BCUT2D eigenvalue weighted by atomic mass is 9.92. The number of fused-ring (bicyclic) bond motifs is 1. The number of nitrogens with zero attached hydrogens (tertiary/aromatic N) is 3. The largest absolute Gasteiger partial charge is 0.481 e. The van der Waals surface area contributed by atoms with Crippen LogP contribution in [0.25, 0.3) is 11.0 Å². The molecule has 0 saturated heterocycles. The highest BCUT2D eigenvalue weighted by Gasteiger charge is 2.38. The van der Waals surface area contributed by atoms with Gasteiger partial charge in [-0.3, -0.25) is 14.3 Å². The Labute approximate surface area is 140 Å². The van der Waals surface area contributed by atoms with E-state index in [9.17, 15) is 14.7 Å². The molecule has 0 unspecified atom stereocenters. The fraction of sp³-hybridized carbons (Fsp3) is 0.529. The van der Waals surface area contributed by atoms with Crippen LogP contribution in [0.3, 0.4) is 0 Å². The summed E-state index contributed by atoms with van der Waals surface area (Å²) in [6, 6.07) is 1.75. The van der Waals surface area contributed by atoms with Crippen LogP contribution in [0.15, 0.2) is 6.07 Å². The topological polar surface area (TPSA) is 97.1 Å². The van der Waals surface area contributed by atoms with Crippen molar-refractivity contribution in [2.75, 3.05) is 0 Å². The summed E-state index contributed by atoms with van der Waals surface area (Å²) < 4.78 is 1.66. The summed E-state index contributed by atoms with van der Waals surface area (Å²) >= 11 is 0. The van der Waals surface area contributed by atoms with E-state index in [1.807, 2.05) is 13.8 Å². The number of rotatable bonds is 4. The van der Waals surface area contributed by atoms with E-state index in [0.717, 1.165) is 29.6 Å². The van der Waals surface area contributed by atoms with E-state index >= 15 is 0 Å². The van der Waals surface area contributed by atoms with E-state index in [4.69, 9.17) is 0 Å². The van der Waals surface area contributed by atoms with Crippen molar-refractivity contribution in [3.63, 3.8) is 0 Å². The summed E-state index contributed by atoms with van der Waals surface area (Å²) in [5, 5.41) is 17.3. The maximum Gasteiger partial charge on any atom is 0.305 e. The third kappa shape index (κ3) is 2.86. The maximum atomic E-state index is 12.9. The molecule has 128 valence electrons. The molecule has 3 rings (SSSR count). The van der Waals surface area contributed by atoms with Gasteiger partial charge in [0, 0.05) is 12.7 Å². The molecule has 2 N–H and O–H groups in total. The van der Waals surface area contributed by atoms with Crippen molar-refractivity contribution in [2.24, 2.45) is 7.05 Å². The van der Waals surface area contributed by atoms with Crippen LogP contribution in [0.5, 0.6) is 0 Å². The molecule has 2 aromatic heterocycles. The second-order valence-electron chi connectivity index (χ2n) is 6.73. The molecule has 0 bridgehead atoms. The van der Waals surface area contributed by atoms with Gasteiger partial charge in [0.05, 0.1) is 28.6 Å². The minimum Gasteiger partial charge on any atom is -0.481 e. The molecule has 24 heavy (non-hydrogen) atoms. The van der Waals surface area contributed by atoms with Gasteiger partial charge >= 0.3 is 5.97 Å². The van der Waals surface area contributed by atoms with Crippen molar-refractivity contribution in [1.29, 1.82) is 0 Å². The molecule has 0 aliphatic heterocycles. The van der Waals surface area contributed by atoms with Crippen molar-refractivity contribution >= 4 is 22.9 Å². The molecule has 0 spiro atoms. The molecule has 2 heterocycles. The second-order valence-corrected chi connectivity index (χ2v) is 6.73. The Morgan fingerprint density at radius 3 is 2.62 bits per heavy atom. The normalized spacial score (nSPS) is 16.5. The van der Waals surface area contributed by atoms with Crippen LogP contribution in [0, 0.1) is 13.8 Å². The zero-order valence-electron chi connectivity index (χ0n) is 14.2. The lowest BCUT2D eigenvalue weighted by molar-refractivity contribution is -0.138. The highest BCUT2D eigenvalue weighted by molar-refractivity contribution is 6.07. The molecule has 7 heteroatoms. The van der Waals surface area contributed by atoms with Gasteiger partial charge in [-0.15, -0.1) is 0 Å². The molecule has 0 radical (unpaired) electrons. The van der Waals surface area contributed by atoms with Gasteiger partial charge in [0.25, 0.3) is 5.91 Å². The Kier molecular flexibility index (Phi) is 4.03. The molecule has 1 fully saturated rings. The fourth-order valence-electron chi connectivity index (χ4n) is 3.74. The highest BCUT2D eigenvalue weighted by Crippen LogP contribution is 2.33. The van der Waals surface area contributed by atoms with E-state index in [-0.39, 0.29) is 12.3 Å². The lowest BCUT2D eigenvalue weighted by Gasteiger charge is -2.28. The summed E-state index contributed by atoms with van der Waals surface area (Å²) in [4.78, 5) is 28.6. The number of carbonyl (C=O) groups excluding carboxylic acids is 1. The van der Waals surface area contributed by atoms with Gasteiger partial charge in [-0.05, 0) is 32.8 Å². The van der Waals surface area contributed by atoms with Crippen molar-refractivity contribution in [1.82, 2.24) is 20.1 Å². The van der Waals surface area contributed by atoms with Crippen LogP contribution < -0.4 is 5.32 Å². The molecule has 1 aliphatic carbocycles. The Morgan fingerprint density at radius 2 is 2.00 bits per heavy atom. The molecular weight excluding hydrogens is 308 g/mol. The van der Waals surface area contributed by atoms with E-state index < -0.39 is 11.5 Å². The molecule has 7 nitrogen and oxygen atoms in total. The van der Waals surface area contributed by atoms with Gasteiger partial charge in [0.2, 0.25) is 0 Å². The quantitative estimate of drug-likeness (QED) is 0.895. The lowest BCUT2D eigenvalue weighted by Crippen LogP contribution is -2.47. The molecule has 1 saturated carbocycles. The molecule has 1 aliphatic rings. The minimum absolute atomic E-state index is 0.0437. The zero-order valence-corrected chi connectivity index (χ0v) is 14.2. The minimum atomic E-state index is -0.884. The Bertz CT molecular complexity index is 819. The van der Waals surface area contributed by atoms with Crippen LogP contribution in [0.4, 0.5) is 0 Å². The average Bonchev–Trinajstić information content (AvgIpc) is 3.03. The van der Waals surface area contributed by atoms with Crippen LogP contribution in [-0.4, -0.2) is 37.3 Å². The summed E-state index contributed by atoms with van der Waals surface area (Å²) in [5.74, 6) is -1.13. The van der Waals surface area contributed by atoms with E-state index in [1.54, 1.807) is 17.8 Å². The first-order valence-electron chi connectivity index (χ1n) is 8.17. The van der Waals surface area contributed by atoms with E-state index in [0.29, 0.717) is 24.1 Å². The third-order valence-electron chi connectivity index (χ3n) is 4.77. The molecule has 0 atom stereocenters. The predicted octanol–water partition coefficient (Wildman–Crippen LogP) is 2.10. The number of hydrogen-bond acceptors (Lipinski definition) is 4. The van der Waals surface area contributed by atoms with Crippen LogP contribution in [-0.2, 0) is 11.8 Å². The van der Waals surface area contributed by atoms with Gasteiger partial charge in [0.1, 0.15) is 0 Å². The van der Waals surface area contributed by atoms with E-state index in [2.05, 4.69) is 15.4 Å². The third-order valence-corrected chi connectivity index (χ3v) is 4.77. The number of carboxylic acids is 1. The van der Waals surface area contributed by atoms with Crippen LogP contribution >= 0.6 is 0 Å². The monoisotopic (exact) mass is 330 g/mol. The summed E-state index contributed by atoms with van der Waals surface area (Å²) in [5.41, 5.74) is 2.00.